The number of nitrogens with one attached hydrogen (secondary N) is 2. The summed E-state index contributed by atoms with van der Waals surface area (Å²) >= 11 is 1.53. The largest absolute Gasteiger partial charge is 0.348 e. The molecule has 1 atom stereocenters. The second-order valence-corrected chi connectivity index (χ2v) is 7.82. The lowest BCUT2D eigenvalue weighted by Crippen LogP contribution is -2.39. The van der Waals surface area contributed by atoms with Crippen molar-refractivity contribution >= 4 is 23.6 Å². The average Bonchev–Trinajstić information content (AvgIpc) is 2.42. The van der Waals surface area contributed by atoms with Crippen LogP contribution in [0.15, 0.2) is 24.3 Å². The summed E-state index contributed by atoms with van der Waals surface area (Å²) in [7, 11) is 0. The summed E-state index contributed by atoms with van der Waals surface area (Å²) in [6, 6.07) is 5.71. The molecule has 0 aliphatic rings. The molecule has 4 nitrogen and oxygen atoms in total. The number of rotatable bonds is 6. The maximum Gasteiger partial charge on any atom is 0.239 e. The number of benzene rings is 1. The fourth-order valence-corrected chi connectivity index (χ4v) is 2.31. The smallest absolute Gasteiger partial charge is 0.239 e. The van der Waals surface area contributed by atoms with Gasteiger partial charge in [0.1, 0.15) is 5.82 Å². The summed E-state index contributed by atoms with van der Waals surface area (Å²) in [5, 5.41) is 5.35. The van der Waals surface area contributed by atoms with Crippen LogP contribution in [0.25, 0.3) is 0 Å². The molecule has 0 spiro atoms. The molecule has 2 amide bonds. The van der Waals surface area contributed by atoms with Gasteiger partial charge in [-0.05, 0) is 24.6 Å². The Morgan fingerprint density at radius 2 is 1.77 bits per heavy atom. The Labute approximate surface area is 135 Å². The van der Waals surface area contributed by atoms with E-state index in [0.717, 1.165) is 5.56 Å². The van der Waals surface area contributed by atoms with Gasteiger partial charge < -0.3 is 10.6 Å². The van der Waals surface area contributed by atoms with Crippen LogP contribution in [-0.4, -0.2) is 28.9 Å². The maximum atomic E-state index is 12.8. The molecule has 1 unspecified atom stereocenters. The van der Waals surface area contributed by atoms with Crippen LogP contribution < -0.4 is 10.6 Å². The molecule has 6 heteroatoms. The van der Waals surface area contributed by atoms with Crippen LogP contribution in [0.4, 0.5) is 4.39 Å². The van der Waals surface area contributed by atoms with Crippen LogP contribution in [0.5, 0.6) is 0 Å². The molecule has 0 fully saturated rings. The quantitative estimate of drug-likeness (QED) is 0.845. The van der Waals surface area contributed by atoms with Crippen molar-refractivity contribution in [3.05, 3.63) is 35.6 Å². The number of amides is 2. The summed E-state index contributed by atoms with van der Waals surface area (Å²) in [5.74, 6) is -0.425. The minimum atomic E-state index is -0.314. The van der Waals surface area contributed by atoms with E-state index >= 15 is 0 Å². The third-order valence-electron chi connectivity index (χ3n) is 2.83. The normalized spacial score (nSPS) is 12.6. The zero-order valence-corrected chi connectivity index (χ0v) is 14.2. The summed E-state index contributed by atoms with van der Waals surface area (Å²) in [4.78, 5) is 23.4. The second kappa shape index (κ2) is 8.17. The van der Waals surface area contributed by atoms with Crippen molar-refractivity contribution in [2.24, 2.45) is 0 Å². The first-order valence-corrected chi connectivity index (χ1v) is 8.11. The Morgan fingerprint density at radius 3 is 2.32 bits per heavy atom. The minimum Gasteiger partial charge on any atom is -0.348 e. The zero-order valence-electron chi connectivity index (χ0n) is 13.4. The van der Waals surface area contributed by atoms with E-state index in [1.54, 1.807) is 12.1 Å². The van der Waals surface area contributed by atoms with E-state index < -0.39 is 0 Å². The van der Waals surface area contributed by atoms with Gasteiger partial charge in [0.2, 0.25) is 11.8 Å². The highest BCUT2D eigenvalue weighted by Crippen LogP contribution is 2.22. The standard InChI is InChI=1S/C16H23FN2O2S/c1-11(12-5-7-13(17)8-6-12)19-14(20)9-18-15(21)10-22-16(2,3)4/h5-8,11H,9-10H2,1-4H3,(H,18,21)(H,19,20). The fraction of sp³-hybridized carbons (Fsp3) is 0.500. The van der Waals surface area contributed by atoms with Crippen molar-refractivity contribution in [1.82, 2.24) is 10.6 Å². The third kappa shape index (κ3) is 7.45. The predicted molar refractivity (Wildman–Crippen MR) is 88.2 cm³/mol. The highest BCUT2D eigenvalue weighted by Gasteiger charge is 2.14. The van der Waals surface area contributed by atoms with Gasteiger partial charge in [-0.15, -0.1) is 11.8 Å². The monoisotopic (exact) mass is 326 g/mol. The van der Waals surface area contributed by atoms with Gasteiger partial charge in [0.05, 0.1) is 18.3 Å². The number of carbonyl (C=O) groups is 2. The molecule has 0 heterocycles. The number of carbonyl (C=O) groups excluding carboxylic acids is 2. The Kier molecular flexibility index (Phi) is 6.87. The van der Waals surface area contributed by atoms with Crippen LogP contribution in [0.3, 0.4) is 0 Å². The van der Waals surface area contributed by atoms with Gasteiger partial charge in [-0.2, -0.15) is 0 Å². The van der Waals surface area contributed by atoms with Gasteiger partial charge in [-0.1, -0.05) is 32.9 Å². The van der Waals surface area contributed by atoms with Crippen LogP contribution in [-0.2, 0) is 9.59 Å². The Bertz CT molecular complexity index is 512. The van der Waals surface area contributed by atoms with E-state index in [-0.39, 0.29) is 35.0 Å². The summed E-state index contributed by atoms with van der Waals surface area (Å²) in [5.41, 5.74) is 0.810. The molecule has 1 rings (SSSR count). The van der Waals surface area contributed by atoms with Crippen molar-refractivity contribution in [3.63, 3.8) is 0 Å². The molecule has 0 aliphatic carbocycles. The first-order chi connectivity index (χ1) is 10.2. The third-order valence-corrected chi connectivity index (χ3v) is 4.10. The topological polar surface area (TPSA) is 58.2 Å². The van der Waals surface area contributed by atoms with E-state index in [2.05, 4.69) is 10.6 Å². The average molecular weight is 326 g/mol. The van der Waals surface area contributed by atoms with Gasteiger partial charge in [0.25, 0.3) is 0 Å². The van der Waals surface area contributed by atoms with Crippen LogP contribution in [0, 0.1) is 5.82 Å². The molecule has 0 radical (unpaired) electrons. The van der Waals surface area contributed by atoms with E-state index in [9.17, 15) is 14.0 Å². The highest BCUT2D eigenvalue weighted by atomic mass is 32.2. The fourth-order valence-electron chi connectivity index (χ4n) is 1.64. The summed E-state index contributed by atoms with van der Waals surface area (Å²) in [6.07, 6.45) is 0. The molecule has 0 aliphatic heterocycles. The maximum absolute atomic E-state index is 12.8. The van der Waals surface area contributed by atoms with Gasteiger partial charge in [0.15, 0.2) is 0 Å². The van der Waals surface area contributed by atoms with Crippen LogP contribution in [0.2, 0.25) is 0 Å². The zero-order chi connectivity index (χ0) is 16.8. The molecule has 0 aromatic heterocycles. The number of thioether (sulfide) groups is 1. The number of hydrogen-bond acceptors (Lipinski definition) is 3. The molecular weight excluding hydrogens is 303 g/mol. The summed E-state index contributed by atoms with van der Waals surface area (Å²) in [6.45, 7) is 7.84. The lowest BCUT2D eigenvalue weighted by molar-refractivity contribution is -0.125. The molecule has 0 bridgehead atoms. The van der Waals surface area contributed by atoms with Crippen molar-refractivity contribution in [1.29, 1.82) is 0 Å². The van der Waals surface area contributed by atoms with Crippen LogP contribution >= 0.6 is 11.8 Å². The molecule has 0 saturated carbocycles. The Hall–Kier alpha value is -1.56. The van der Waals surface area contributed by atoms with E-state index in [4.69, 9.17) is 0 Å². The van der Waals surface area contributed by atoms with Crippen LogP contribution in [0.1, 0.15) is 39.3 Å². The van der Waals surface area contributed by atoms with E-state index in [0.29, 0.717) is 5.75 Å². The molecule has 1 aromatic carbocycles. The second-order valence-electron chi connectivity index (χ2n) is 6.02. The Morgan fingerprint density at radius 1 is 1.18 bits per heavy atom. The SMILES string of the molecule is CC(NC(=O)CNC(=O)CSC(C)(C)C)c1ccc(F)cc1. The molecule has 2 N–H and O–H groups in total. The lowest BCUT2D eigenvalue weighted by Gasteiger charge is -2.17. The van der Waals surface area contributed by atoms with Gasteiger partial charge >= 0.3 is 0 Å². The minimum absolute atomic E-state index is 0.0106. The van der Waals surface area contributed by atoms with Crippen molar-refractivity contribution < 1.29 is 14.0 Å². The van der Waals surface area contributed by atoms with Gasteiger partial charge in [-0.3, -0.25) is 9.59 Å². The summed E-state index contributed by atoms with van der Waals surface area (Å²) < 4.78 is 12.9. The van der Waals surface area contributed by atoms with E-state index in [1.807, 2.05) is 27.7 Å². The molecule has 22 heavy (non-hydrogen) atoms. The highest BCUT2D eigenvalue weighted by molar-refractivity contribution is 8.01. The van der Waals surface area contributed by atoms with E-state index in [1.165, 1.54) is 23.9 Å². The molecule has 1 aromatic rings. The Balaban J connectivity index is 2.34. The van der Waals surface area contributed by atoms with Crippen molar-refractivity contribution in [2.75, 3.05) is 12.3 Å². The van der Waals surface area contributed by atoms with Gasteiger partial charge in [0, 0.05) is 4.75 Å². The molecule has 0 saturated heterocycles. The van der Waals surface area contributed by atoms with Crippen molar-refractivity contribution in [3.8, 4) is 0 Å². The number of halogens is 1. The van der Waals surface area contributed by atoms with Crippen molar-refractivity contribution in [2.45, 2.75) is 38.5 Å². The molecular formula is C16H23FN2O2S. The first kappa shape index (κ1) is 18.5. The first-order valence-electron chi connectivity index (χ1n) is 7.13. The van der Waals surface area contributed by atoms with Gasteiger partial charge in [-0.25, -0.2) is 4.39 Å². The molecule has 122 valence electrons. The predicted octanol–water partition coefficient (Wildman–Crippen LogP) is 2.65. The number of hydrogen-bond donors (Lipinski definition) is 2. The lowest BCUT2D eigenvalue weighted by atomic mass is 10.1.